The van der Waals surface area contributed by atoms with Gasteiger partial charge in [0, 0.05) is 18.0 Å². The second kappa shape index (κ2) is 4.55. The van der Waals surface area contributed by atoms with Gasteiger partial charge < -0.3 is 15.3 Å². The molecule has 0 aromatic heterocycles. The van der Waals surface area contributed by atoms with Crippen LogP contribution < -0.4 is 0 Å². The van der Waals surface area contributed by atoms with Gasteiger partial charge in [0.15, 0.2) is 5.72 Å². The summed E-state index contributed by atoms with van der Waals surface area (Å²) in [6.07, 6.45) is -1.83. The smallest absolute Gasteiger partial charge is 0.151 e. The van der Waals surface area contributed by atoms with Crippen LogP contribution in [0.3, 0.4) is 0 Å². The summed E-state index contributed by atoms with van der Waals surface area (Å²) < 4.78 is 0. The number of aliphatic hydroxyl groups is 3. The molecule has 1 fully saturated rings. The zero-order chi connectivity index (χ0) is 12.6. The highest BCUT2D eigenvalue weighted by Gasteiger charge is 2.50. The number of benzene rings is 1. The van der Waals surface area contributed by atoms with E-state index >= 15 is 0 Å². The highest BCUT2D eigenvalue weighted by atomic mass is 35.5. The molecule has 0 radical (unpaired) electrons. The first-order valence-electron chi connectivity index (χ1n) is 5.47. The third-order valence-electron chi connectivity index (χ3n) is 3.34. The first kappa shape index (κ1) is 12.8. The molecule has 17 heavy (non-hydrogen) atoms. The van der Waals surface area contributed by atoms with E-state index in [0.717, 1.165) is 5.56 Å². The van der Waals surface area contributed by atoms with Gasteiger partial charge in [-0.25, -0.2) is 0 Å². The lowest BCUT2D eigenvalue weighted by Crippen LogP contribution is -2.51. The zero-order valence-electron chi connectivity index (χ0n) is 9.55. The number of nitrogens with zero attached hydrogens (tertiary/aromatic N) is 1. The largest absolute Gasteiger partial charge is 0.389 e. The Labute approximate surface area is 105 Å². The van der Waals surface area contributed by atoms with E-state index in [9.17, 15) is 15.3 Å². The Hall–Kier alpha value is -0.650. The van der Waals surface area contributed by atoms with Gasteiger partial charge in [0.2, 0.25) is 0 Å². The number of likely N-dealkylation sites (tertiary alicyclic amines) is 1. The first-order valence-corrected chi connectivity index (χ1v) is 5.85. The lowest BCUT2D eigenvalue weighted by molar-refractivity contribution is -0.141. The molecule has 94 valence electrons. The van der Waals surface area contributed by atoms with Crippen molar-refractivity contribution in [1.82, 2.24) is 4.90 Å². The summed E-state index contributed by atoms with van der Waals surface area (Å²) in [6, 6.07) is 7.06. The van der Waals surface area contributed by atoms with E-state index in [1.807, 2.05) is 0 Å². The molecule has 3 atom stereocenters. The second-order valence-corrected chi connectivity index (χ2v) is 5.01. The Bertz CT molecular complexity index is 397. The van der Waals surface area contributed by atoms with E-state index in [0.29, 0.717) is 5.02 Å². The van der Waals surface area contributed by atoms with Gasteiger partial charge in [-0.2, -0.15) is 0 Å². The number of hydrogen-bond donors (Lipinski definition) is 3. The highest BCUT2D eigenvalue weighted by molar-refractivity contribution is 6.30. The van der Waals surface area contributed by atoms with Crippen molar-refractivity contribution in [3.05, 3.63) is 34.9 Å². The quantitative estimate of drug-likeness (QED) is 0.710. The van der Waals surface area contributed by atoms with Crippen LogP contribution in [0.2, 0.25) is 5.02 Å². The van der Waals surface area contributed by atoms with Gasteiger partial charge in [0.25, 0.3) is 0 Å². The summed E-state index contributed by atoms with van der Waals surface area (Å²) in [5.74, 6) is 0. The van der Waals surface area contributed by atoms with E-state index in [4.69, 9.17) is 11.6 Å². The van der Waals surface area contributed by atoms with Crippen LogP contribution in [0.25, 0.3) is 0 Å². The predicted octanol–water partition coefficient (Wildman–Crippen LogP) is 0.238. The summed E-state index contributed by atoms with van der Waals surface area (Å²) in [7, 11) is 1.68. The van der Waals surface area contributed by atoms with Gasteiger partial charge in [-0.15, -0.1) is 0 Å². The molecular formula is C12H16ClNO3. The monoisotopic (exact) mass is 257 g/mol. The molecule has 1 saturated heterocycles. The fraction of sp³-hybridized carbons (Fsp3) is 0.500. The van der Waals surface area contributed by atoms with Crippen LogP contribution in [0.1, 0.15) is 5.56 Å². The van der Waals surface area contributed by atoms with Gasteiger partial charge in [0.1, 0.15) is 6.10 Å². The molecule has 2 rings (SSSR count). The van der Waals surface area contributed by atoms with Crippen LogP contribution in [0.15, 0.2) is 24.3 Å². The predicted molar refractivity (Wildman–Crippen MR) is 64.7 cm³/mol. The molecule has 0 aliphatic carbocycles. The fourth-order valence-corrected chi connectivity index (χ4v) is 2.34. The molecule has 1 aliphatic rings. The summed E-state index contributed by atoms with van der Waals surface area (Å²) >= 11 is 5.78. The third kappa shape index (κ3) is 2.32. The number of rotatable bonds is 2. The summed E-state index contributed by atoms with van der Waals surface area (Å²) in [6.45, 7) is 0.255. The van der Waals surface area contributed by atoms with Crippen molar-refractivity contribution in [2.24, 2.45) is 0 Å². The van der Waals surface area contributed by atoms with E-state index in [-0.39, 0.29) is 13.0 Å². The molecule has 3 N–H and O–H groups in total. The third-order valence-corrected chi connectivity index (χ3v) is 3.59. The van der Waals surface area contributed by atoms with Crippen LogP contribution in [-0.2, 0) is 6.42 Å². The number of aliphatic hydroxyl groups excluding tert-OH is 2. The number of likely N-dealkylation sites (N-methyl/N-ethyl adjacent to an activating group) is 1. The van der Waals surface area contributed by atoms with Gasteiger partial charge in [-0.05, 0) is 24.7 Å². The molecule has 1 heterocycles. The Morgan fingerprint density at radius 2 is 1.94 bits per heavy atom. The summed E-state index contributed by atoms with van der Waals surface area (Å²) in [4.78, 5) is 1.57. The van der Waals surface area contributed by atoms with E-state index in [1.165, 1.54) is 0 Å². The molecular weight excluding hydrogens is 242 g/mol. The molecule has 1 aromatic carbocycles. The summed E-state index contributed by atoms with van der Waals surface area (Å²) in [5.41, 5.74) is -0.565. The average molecular weight is 258 g/mol. The van der Waals surface area contributed by atoms with E-state index in [2.05, 4.69) is 0 Å². The van der Waals surface area contributed by atoms with Crippen molar-refractivity contribution in [2.45, 2.75) is 24.4 Å². The van der Waals surface area contributed by atoms with Crippen molar-refractivity contribution < 1.29 is 15.3 Å². The fourth-order valence-electron chi connectivity index (χ4n) is 2.21. The molecule has 1 aromatic rings. The number of β-amino-alcohol motifs (C(OH)–C–C–N with tert-alkyl or cyclic N) is 1. The molecule has 5 heteroatoms. The number of halogens is 1. The van der Waals surface area contributed by atoms with Gasteiger partial charge >= 0.3 is 0 Å². The van der Waals surface area contributed by atoms with Crippen LogP contribution in [0.4, 0.5) is 0 Å². The Kier molecular flexibility index (Phi) is 3.43. The molecule has 3 unspecified atom stereocenters. The van der Waals surface area contributed by atoms with Crippen LogP contribution in [0, 0.1) is 0 Å². The number of hydrogen-bond acceptors (Lipinski definition) is 4. The Morgan fingerprint density at radius 3 is 2.41 bits per heavy atom. The van der Waals surface area contributed by atoms with Crippen LogP contribution in [-0.4, -0.2) is 51.7 Å². The molecule has 0 saturated carbocycles. The maximum atomic E-state index is 10.4. The normalized spacial score (nSPS) is 34.2. The minimum atomic E-state index is -1.42. The molecule has 1 aliphatic heterocycles. The lowest BCUT2D eigenvalue weighted by atomic mass is 9.97. The average Bonchev–Trinajstić information content (AvgIpc) is 2.47. The standard InChI is InChI=1S/C12H16ClNO3/c1-14-7-10(15)11(16)12(14,17)6-8-2-4-9(13)5-3-8/h2-5,10-11,15-17H,6-7H2,1H3. The van der Waals surface area contributed by atoms with Crippen molar-refractivity contribution >= 4 is 11.6 Å². The molecule has 0 bridgehead atoms. The maximum absolute atomic E-state index is 10.4. The zero-order valence-corrected chi connectivity index (χ0v) is 10.3. The van der Waals surface area contributed by atoms with Crippen molar-refractivity contribution in [1.29, 1.82) is 0 Å². The second-order valence-electron chi connectivity index (χ2n) is 4.57. The first-order chi connectivity index (χ1) is 7.93. The minimum Gasteiger partial charge on any atom is -0.389 e. The van der Waals surface area contributed by atoms with Crippen LogP contribution in [0.5, 0.6) is 0 Å². The van der Waals surface area contributed by atoms with Gasteiger partial charge in [-0.3, -0.25) is 4.90 Å². The molecule has 4 nitrogen and oxygen atoms in total. The van der Waals surface area contributed by atoms with Crippen molar-refractivity contribution in [2.75, 3.05) is 13.6 Å². The topological polar surface area (TPSA) is 63.9 Å². The Balaban J connectivity index is 2.19. The van der Waals surface area contributed by atoms with Crippen LogP contribution >= 0.6 is 11.6 Å². The summed E-state index contributed by atoms with van der Waals surface area (Å²) in [5, 5.41) is 30.4. The van der Waals surface area contributed by atoms with Gasteiger partial charge in [0.05, 0.1) is 6.10 Å². The molecule has 0 amide bonds. The molecule has 0 spiro atoms. The van der Waals surface area contributed by atoms with E-state index < -0.39 is 17.9 Å². The van der Waals surface area contributed by atoms with E-state index in [1.54, 1.807) is 36.2 Å². The van der Waals surface area contributed by atoms with Crippen molar-refractivity contribution in [3.8, 4) is 0 Å². The maximum Gasteiger partial charge on any atom is 0.151 e. The lowest BCUT2D eigenvalue weighted by Gasteiger charge is -2.33. The minimum absolute atomic E-state index is 0.249. The Morgan fingerprint density at radius 1 is 1.35 bits per heavy atom. The SMILES string of the molecule is CN1CC(O)C(O)C1(O)Cc1ccc(Cl)cc1. The van der Waals surface area contributed by atoms with Crippen molar-refractivity contribution in [3.63, 3.8) is 0 Å². The van der Waals surface area contributed by atoms with Gasteiger partial charge in [-0.1, -0.05) is 23.7 Å². The highest BCUT2D eigenvalue weighted by Crippen LogP contribution is 2.29.